The van der Waals surface area contributed by atoms with Crippen LogP contribution in [-0.2, 0) is 4.74 Å². The molecule has 5 heteroatoms. The first kappa shape index (κ1) is 22.2. The van der Waals surface area contributed by atoms with Crippen molar-refractivity contribution >= 4 is 17.5 Å². The molecule has 3 aromatic carbocycles. The van der Waals surface area contributed by atoms with Crippen LogP contribution in [0.15, 0.2) is 83.9 Å². The monoisotopic (exact) mass is 418 g/mol. The molecule has 0 radical (unpaired) electrons. The van der Waals surface area contributed by atoms with Crippen molar-refractivity contribution in [3.8, 4) is 0 Å². The molecule has 0 aliphatic rings. The van der Waals surface area contributed by atoms with Gasteiger partial charge in [-0.1, -0.05) is 60.7 Å². The van der Waals surface area contributed by atoms with E-state index >= 15 is 0 Å². The molecule has 0 fully saturated rings. The van der Waals surface area contributed by atoms with Gasteiger partial charge in [-0.05, 0) is 51.5 Å². The van der Waals surface area contributed by atoms with Gasteiger partial charge in [-0.3, -0.25) is 0 Å². The summed E-state index contributed by atoms with van der Waals surface area (Å²) in [6.07, 6.45) is -0.552. The molecule has 3 rings (SSSR count). The second-order valence-electron chi connectivity index (χ2n) is 8.30. The molecule has 160 valence electrons. The first-order valence-electron chi connectivity index (χ1n) is 10.2. The van der Waals surface area contributed by atoms with E-state index < -0.39 is 23.6 Å². The maximum atomic E-state index is 14.4. The van der Waals surface area contributed by atoms with Crippen LogP contribution in [0, 0.1) is 5.82 Å². The van der Waals surface area contributed by atoms with Crippen molar-refractivity contribution in [2.75, 3.05) is 0 Å². The van der Waals surface area contributed by atoms with Crippen LogP contribution in [0.2, 0.25) is 0 Å². The number of hydrogen-bond donors (Lipinski definition) is 1. The van der Waals surface area contributed by atoms with Gasteiger partial charge < -0.3 is 10.1 Å². The number of aliphatic imine (C=N–C) groups is 1. The number of benzene rings is 3. The van der Waals surface area contributed by atoms with Crippen molar-refractivity contribution in [2.24, 2.45) is 4.99 Å². The zero-order valence-corrected chi connectivity index (χ0v) is 18.2. The van der Waals surface area contributed by atoms with Gasteiger partial charge in [-0.15, -0.1) is 0 Å². The summed E-state index contributed by atoms with van der Waals surface area (Å²) < 4.78 is 19.7. The summed E-state index contributed by atoms with van der Waals surface area (Å²) >= 11 is 0. The predicted octanol–water partition coefficient (Wildman–Crippen LogP) is 6.58. The third-order valence-corrected chi connectivity index (χ3v) is 4.47. The van der Waals surface area contributed by atoms with Crippen LogP contribution in [0.3, 0.4) is 0 Å². The molecule has 1 N–H and O–H groups in total. The van der Waals surface area contributed by atoms with E-state index in [0.29, 0.717) is 11.3 Å². The molecule has 0 aromatic heterocycles. The maximum absolute atomic E-state index is 14.4. The third kappa shape index (κ3) is 6.51. The fourth-order valence-electron chi connectivity index (χ4n) is 3.10. The molecule has 0 aliphatic carbocycles. The number of nitrogens with one attached hydrogen (secondary N) is 1. The Hall–Kier alpha value is -3.47. The number of rotatable bonds is 5. The van der Waals surface area contributed by atoms with Gasteiger partial charge in [-0.25, -0.2) is 14.2 Å². The highest BCUT2D eigenvalue weighted by Crippen LogP contribution is 2.25. The minimum atomic E-state index is -0.610. The van der Waals surface area contributed by atoms with E-state index in [4.69, 9.17) is 9.73 Å². The Balaban J connectivity index is 1.95. The summed E-state index contributed by atoms with van der Waals surface area (Å²) in [6.45, 7) is 7.16. The average Bonchev–Trinajstić information content (AvgIpc) is 2.71. The number of amides is 1. The molecular formula is C26H27FN2O2. The normalized spacial score (nSPS) is 12.0. The Kier molecular flexibility index (Phi) is 6.85. The number of hydrogen-bond acceptors (Lipinski definition) is 3. The standard InChI is InChI=1S/C26H27FN2O2/c1-18(28-25(30)31-26(2,3)4)21-15-22(27)17-23(16-21)29-24(19-11-7-5-8-12-19)20-13-9-6-10-14-20/h5-18H,1-4H3,(H,28,30)/t18-/m1/s1. The zero-order chi connectivity index (χ0) is 22.4. The summed E-state index contributed by atoms with van der Waals surface area (Å²) in [4.78, 5) is 16.9. The van der Waals surface area contributed by atoms with Crippen molar-refractivity contribution in [1.29, 1.82) is 0 Å². The largest absolute Gasteiger partial charge is 0.444 e. The molecule has 0 saturated carbocycles. The van der Waals surface area contributed by atoms with Gasteiger partial charge in [0.15, 0.2) is 0 Å². The minimum Gasteiger partial charge on any atom is -0.444 e. The van der Waals surface area contributed by atoms with E-state index in [2.05, 4.69) is 5.32 Å². The summed E-state index contributed by atoms with van der Waals surface area (Å²) in [5, 5.41) is 2.75. The zero-order valence-electron chi connectivity index (χ0n) is 18.2. The van der Waals surface area contributed by atoms with Gasteiger partial charge in [0, 0.05) is 11.1 Å². The lowest BCUT2D eigenvalue weighted by Gasteiger charge is -2.22. The van der Waals surface area contributed by atoms with Gasteiger partial charge in [0.05, 0.1) is 17.4 Å². The highest BCUT2D eigenvalue weighted by atomic mass is 19.1. The Labute approximate surface area is 182 Å². The molecule has 0 saturated heterocycles. The average molecular weight is 419 g/mol. The Morgan fingerprint density at radius 3 is 2.00 bits per heavy atom. The molecule has 0 unspecified atom stereocenters. The fourth-order valence-corrected chi connectivity index (χ4v) is 3.10. The van der Waals surface area contributed by atoms with Crippen molar-refractivity contribution in [2.45, 2.75) is 39.3 Å². The van der Waals surface area contributed by atoms with E-state index in [9.17, 15) is 9.18 Å². The van der Waals surface area contributed by atoms with Crippen molar-refractivity contribution in [1.82, 2.24) is 5.32 Å². The van der Waals surface area contributed by atoms with Crippen LogP contribution >= 0.6 is 0 Å². The molecular weight excluding hydrogens is 391 g/mol. The third-order valence-electron chi connectivity index (χ3n) is 4.47. The molecule has 1 atom stereocenters. The quantitative estimate of drug-likeness (QED) is 0.476. The van der Waals surface area contributed by atoms with Crippen LogP contribution in [0.4, 0.5) is 14.9 Å². The number of alkyl carbamates (subject to hydrolysis) is 1. The van der Waals surface area contributed by atoms with E-state index in [0.717, 1.165) is 16.8 Å². The van der Waals surface area contributed by atoms with Crippen LogP contribution in [0.25, 0.3) is 0 Å². The first-order chi connectivity index (χ1) is 14.7. The van der Waals surface area contributed by atoms with Crippen LogP contribution in [-0.4, -0.2) is 17.4 Å². The van der Waals surface area contributed by atoms with Crippen molar-refractivity contribution in [3.63, 3.8) is 0 Å². The molecule has 3 aromatic rings. The van der Waals surface area contributed by atoms with Crippen LogP contribution in [0.5, 0.6) is 0 Å². The topological polar surface area (TPSA) is 50.7 Å². The SMILES string of the molecule is C[C@@H](NC(=O)OC(C)(C)C)c1cc(F)cc(N=C(c2ccccc2)c2ccccc2)c1. The van der Waals surface area contributed by atoms with E-state index in [1.165, 1.54) is 12.1 Å². The summed E-state index contributed by atoms with van der Waals surface area (Å²) in [5.41, 5.74) is 3.06. The Morgan fingerprint density at radius 2 is 1.48 bits per heavy atom. The molecule has 0 aliphatic heterocycles. The summed E-state index contributed by atoms with van der Waals surface area (Å²) in [6, 6.07) is 23.6. The predicted molar refractivity (Wildman–Crippen MR) is 122 cm³/mol. The molecule has 0 spiro atoms. The van der Waals surface area contributed by atoms with Gasteiger partial charge in [-0.2, -0.15) is 0 Å². The number of ether oxygens (including phenoxy) is 1. The number of halogens is 1. The smallest absolute Gasteiger partial charge is 0.408 e. The number of carbonyl (C=O) groups excluding carboxylic acids is 1. The summed E-state index contributed by atoms with van der Waals surface area (Å²) in [5.74, 6) is -0.422. The highest BCUT2D eigenvalue weighted by molar-refractivity contribution is 6.13. The molecule has 0 bridgehead atoms. The Bertz CT molecular complexity index is 1020. The fraction of sp³-hybridized carbons (Fsp3) is 0.231. The molecule has 0 heterocycles. The first-order valence-corrected chi connectivity index (χ1v) is 10.2. The lowest BCUT2D eigenvalue weighted by atomic mass is 10.0. The maximum Gasteiger partial charge on any atom is 0.408 e. The van der Waals surface area contributed by atoms with E-state index in [-0.39, 0.29) is 0 Å². The number of nitrogens with zero attached hydrogens (tertiary/aromatic N) is 1. The van der Waals surface area contributed by atoms with Crippen LogP contribution in [0.1, 0.15) is 50.4 Å². The number of carbonyl (C=O) groups is 1. The lowest BCUT2D eigenvalue weighted by molar-refractivity contribution is 0.0508. The van der Waals surface area contributed by atoms with Gasteiger partial charge in [0.25, 0.3) is 0 Å². The van der Waals surface area contributed by atoms with Crippen molar-refractivity contribution in [3.05, 3.63) is 101 Å². The molecule has 4 nitrogen and oxygen atoms in total. The van der Waals surface area contributed by atoms with E-state index in [1.807, 2.05) is 60.7 Å². The van der Waals surface area contributed by atoms with Crippen molar-refractivity contribution < 1.29 is 13.9 Å². The lowest BCUT2D eigenvalue weighted by Crippen LogP contribution is -2.34. The Morgan fingerprint density at radius 1 is 0.935 bits per heavy atom. The molecule has 31 heavy (non-hydrogen) atoms. The van der Waals surface area contributed by atoms with Gasteiger partial charge >= 0.3 is 6.09 Å². The minimum absolute atomic E-state index is 0.422. The molecule has 1 amide bonds. The second-order valence-corrected chi connectivity index (χ2v) is 8.30. The second kappa shape index (κ2) is 9.56. The highest BCUT2D eigenvalue weighted by Gasteiger charge is 2.19. The van der Waals surface area contributed by atoms with Gasteiger partial charge in [0.2, 0.25) is 0 Å². The summed E-state index contributed by atoms with van der Waals surface area (Å²) in [7, 11) is 0. The van der Waals surface area contributed by atoms with Gasteiger partial charge in [0.1, 0.15) is 11.4 Å². The van der Waals surface area contributed by atoms with E-state index in [1.54, 1.807) is 33.8 Å². The van der Waals surface area contributed by atoms with Crippen LogP contribution < -0.4 is 5.32 Å².